The molecule has 3 rings (SSSR count). The summed E-state index contributed by atoms with van der Waals surface area (Å²) in [5.41, 5.74) is 0.101. The van der Waals surface area contributed by atoms with Gasteiger partial charge in [-0.3, -0.25) is 0 Å². The van der Waals surface area contributed by atoms with Crippen LogP contribution >= 0.6 is 11.3 Å². The zero-order valence-corrected chi connectivity index (χ0v) is 18.4. The Morgan fingerprint density at radius 1 is 1.21 bits per heavy atom. The van der Waals surface area contributed by atoms with E-state index in [1.807, 2.05) is 6.92 Å². The van der Waals surface area contributed by atoms with Gasteiger partial charge >= 0.3 is 0 Å². The van der Waals surface area contributed by atoms with Crippen LogP contribution < -0.4 is 4.74 Å². The van der Waals surface area contributed by atoms with Crippen LogP contribution in [0.1, 0.15) is 55.6 Å². The third-order valence-electron chi connectivity index (χ3n) is 5.16. The number of hydrogen-bond acceptors (Lipinski definition) is 5. The molecule has 1 fully saturated rings. The highest BCUT2D eigenvalue weighted by Crippen LogP contribution is 2.37. The van der Waals surface area contributed by atoms with Crippen molar-refractivity contribution < 1.29 is 18.6 Å². The Morgan fingerprint density at radius 3 is 2.66 bits per heavy atom. The summed E-state index contributed by atoms with van der Waals surface area (Å²) in [5, 5.41) is 12.0. The van der Waals surface area contributed by atoms with Crippen molar-refractivity contribution in [1.29, 1.82) is 0 Å². The summed E-state index contributed by atoms with van der Waals surface area (Å²) >= 11 is 1.44. The van der Waals surface area contributed by atoms with E-state index in [2.05, 4.69) is 30.7 Å². The van der Waals surface area contributed by atoms with Gasteiger partial charge in [-0.2, -0.15) is 0 Å². The number of ether oxygens (including phenoxy) is 1. The highest BCUT2D eigenvalue weighted by atomic mass is 32.1. The Hall–Kier alpha value is -1.57. The van der Waals surface area contributed by atoms with Crippen LogP contribution in [0.15, 0.2) is 18.2 Å². The SMILES string of the molecule is Cc1nc([C@]2(O)CCCN(CC(C)(C)C)CC2)sc1COc1ccc(F)c(F)c1. The van der Waals surface area contributed by atoms with Crippen molar-refractivity contribution in [2.75, 3.05) is 19.6 Å². The van der Waals surface area contributed by atoms with Gasteiger partial charge in [0.25, 0.3) is 0 Å². The van der Waals surface area contributed by atoms with Gasteiger partial charge in [0.1, 0.15) is 23.0 Å². The summed E-state index contributed by atoms with van der Waals surface area (Å²) in [5.74, 6) is -1.56. The summed E-state index contributed by atoms with van der Waals surface area (Å²) in [6, 6.07) is 3.49. The summed E-state index contributed by atoms with van der Waals surface area (Å²) in [6.45, 7) is 11.6. The van der Waals surface area contributed by atoms with Crippen LogP contribution in [0.2, 0.25) is 0 Å². The summed E-state index contributed by atoms with van der Waals surface area (Å²) in [4.78, 5) is 7.93. The molecular weight excluding hydrogens is 394 g/mol. The first kappa shape index (κ1) is 22.1. The van der Waals surface area contributed by atoms with E-state index in [0.29, 0.717) is 12.8 Å². The summed E-state index contributed by atoms with van der Waals surface area (Å²) < 4.78 is 32.0. The van der Waals surface area contributed by atoms with Crippen molar-refractivity contribution >= 4 is 11.3 Å². The summed E-state index contributed by atoms with van der Waals surface area (Å²) in [7, 11) is 0. The van der Waals surface area contributed by atoms with Crippen LogP contribution in [0.5, 0.6) is 5.75 Å². The number of halogens is 2. The van der Waals surface area contributed by atoms with E-state index in [-0.39, 0.29) is 17.8 Å². The van der Waals surface area contributed by atoms with Crippen molar-refractivity contribution in [1.82, 2.24) is 9.88 Å². The largest absolute Gasteiger partial charge is 0.488 e. The molecule has 2 heterocycles. The third-order valence-corrected chi connectivity index (χ3v) is 6.48. The second-order valence-corrected chi connectivity index (χ2v) is 10.2. The van der Waals surface area contributed by atoms with E-state index >= 15 is 0 Å². The topological polar surface area (TPSA) is 45.6 Å². The molecule has 1 N–H and O–H groups in total. The Kier molecular flexibility index (Phi) is 6.61. The van der Waals surface area contributed by atoms with Crippen LogP contribution in [0.4, 0.5) is 8.78 Å². The van der Waals surface area contributed by atoms with E-state index in [1.54, 1.807) is 0 Å². The second-order valence-electron chi connectivity index (χ2n) is 9.11. The average molecular weight is 425 g/mol. The van der Waals surface area contributed by atoms with Crippen LogP contribution in [0.3, 0.4) is 0 Å². The monoisotopic (exact) mass is 424 g/mol. The quantitative estimate of drug-likeness (QED) is 0.731. The zero-order chi connectivity index (χ0) is 21.2. The Labute approximate surface area is 175 Å². The minimum absolute atomic E-state index is 0.209. The van der Waals surface area contributed by atoms with Gasteiger partial charge in [-0.25, -0.2) is 13.8 Å². The molecule has 1 aromatic heterocycles. The van der Waals surface area contributed by atoms with E-state index in [1.165, 1.54) is 17.4 Å². The molecular formula is C22H30F2N2O2S. The first-order valence-corrected chi connectivity index (χ1v) is 10.9. The highest BCUT2D eigenvalue weighted by molar-refractivity contribution is 7.11. The smallest absolute Gasteiger partial charge is 0.162 e. The van der Waals surface area contributed by atoms with Gasteiger partial charge in [0.2, 0.25) is 0 Å². The van der Waals surface area contributed by atoms with Crippen LogP contribution in [-0.2, 0) is 12.2 Å². The van der Waals surface area contributed by atoms with Crippen molar-refractivity contribution in [2.45, 2.75) is 59.2 Å². The maximum absolute atomic E-state index is 13.4. The molecule has 1 aliphatic heterocycles. The molecule has 1 aromatic carbocycles. The molecule has 1 saturated heterocycles. The predicted octanol–water partition coefficient (Wildman–Crippen LogP) is 5.03. The van der Waals surface area contributed by atoms with Crippen LogP contribution in [0.25, 0.3) is 0 Å². The fourth-order valence-electron chi connectivity index (χ4n) is 3.69. The molecule has 0 aliphatic carbocycles. The molecule has 4 nitrogen and oxygen atoms in total. The first-order valence-electron chi connectivity index (χ1n) is 10.1. The Bertz CT molecular complexity index is 850. The standard InChI is InChI=1S/C22H30F2N2O2S/c1-15-19(13-28-16-6-7-17(23)18(24)12-16)29-20(25-15)22(27)8-5-10-26(11-9-22)14-21(2,3)4/h6-7,12,27H,5,8-11,13-14H2,1-4H3/t22-/m0/s1. The number of nitrogens with zero attached hydrogens (tertiary/aromatic N) is 2. The fourth-order valence-corrected chi connectivity index (χ4v) is 4.82. The molecule has 0 amide bonds. The minimum atomic E-state index is -0.934. The van der Waals surface area contributed by atoms with E-state index in [9.17, 15) is 13.9 Å². The Balaban J connectivity index is 1.67. The molecule has 2 aromatic rings. The molecule has 29 heavy (non-hydrogen) atoms. The molecule has 0 spiro atoms. The van der Waals surface area contributed by atoms with E-state index in [4.69, 9.17) is 4.74 Å². The van der Waals surface area contributed by atoms with Crippen LogP contribution in [0, 0.1) is 24.0 Å². The predicted molar refractivity (Wildman–Crippen MR) is 111 cm³/mol. The lowest BCUT2D eigenvalue weighted by atomic mass is 9.95. The molecule has 0 unspecified atom stereocenters. The van der Waals surface area contributed by atoms with Crippen molar-refractivity contribution in [3.63, 3.8) is 0 Å². The lowest BCUT2D eigenvalue weighted by Gasteiger charge is -2.29. The third kappa shape index (κ3) is 5.74. The van der Waals surface area contributed by atoms with Crippen molar-refractivity contribution in [3.05, 3.63) is 45.4 Å². The number of likely N-dealkylation sites (tertiary alicyclic amines) is 1. The number of thiazole rings is 1. The minimum Gasteiger partial charge on any atom is -0.488 e. The molecule has 7 heteroatoms. The number of rotatable bonds is 5. The van der Waals surface area contributed by atoms with Gasteiger partial charge in [0.15, 0.2) is 11.6 Å². The van der Waals surface area contributed by atoms with Gasteiger partial charge in [-0.05, 0) is 50.3 Å². The van der Waals surface area contributed by atoms with E-state index < -0.39 is 17.2 Å². The maximum Gasteiger partial charge on any atom is 0.162 e. The van der Waals surface area contributed by atoms with E-state index in [0.717, 1.165) is 53.8 Å². The molecule has 160 valence electrons. The maximum atomic E-state index is 13.4. The highest BCUT2D eigenvalue weighted by Gasteiger charge is 2.36. The van der Waals surface area contributed by atoms with Gasteiger partial charge in [0.05, 0.1) is 10.6 Å². The number of aliphatic hydroxyl groups is 1. The number of aromatic nitrogens is 1. The Morgan fingerprint density at radius 2 is 1.97 bits per heavy atom. The lowest BCUT2D eigenvalue weighted by Crippen LogP contribution is -2.34. The zero-order valence-electron chi connectivity index (χ0n) is 17.6. The second kappa shape index (κ2) is 8.66. The van der Waals surface area contributed by atoms with Crippen LogP contribution in [-0.4, -0.2) is 34.6 Å². The number of hydrogen-bond donors (Lipinski definition) is 1. The lowest BCUT2D eigenvalue weighted by molar-refractivity contribution is 0.0200. The van der Waals surface area contributed by atoms with Crippen molar-refractivity contribution in [3.8, 4) is 5.75 Å². The fraction of sp³-hybridized carbons (Fsp3) is 0.591. The molecule has 1 aliphatic rings. The summed E-state index contributed by atoms with van der Waals surface area (Å²) in [6.07, 6.45) is 2.26. The number of benzene rings is 1. The number of aryl methyl sites for hydroxylation is 1. The average Bonchev–Trinajstić information content (AvgIpc) is 2.90. The van der Waals surface area contributed by atoms with Gasteiger partial charge in [0, 0.05) is 19.2 Å². The molecule has 0 saturated carbocycles. The van der Waals surface area contributed by atoms with Gasteiger partial charge < -0.3 is 14.7 Å². The van der Waals surface area contributed by atoms with Crippen molar-refractivity contribution in [2.24, 2.45) is 5.41 Å². The van der Waals surface area contributed by atoms with Gasteiger partial charge in [-0.15, -0.1) is 11.3 Å². The molecule has 0 bridgehead atoms. The molecule has 1 atom stereocenters. The van der Waals surface area contributed by atoms with Gasteiger partial charge in [-0.1, -0.05) is 20.8 Å². The first-order chi connectivity index (χ1) is 13.6. The molecule has 0 radical (unpaired) electrons. The normalized spacial score (nSPS) is 21.2.